The van der Waals surface area contributed by atoms with Crippen LogP contribution in [0.3, 0.4) is 0 Å². The molecular formula is C10H16ClN3. The molecule has 0 radical (unpaired) electrons. The maximum atomic E-state index is 5.75. The Labute approximate surface area is 89.9 Å². The molecule has 2 N–H and O–H groups in total. The van der Waals surface area contributed by atoms with Gasteiger partial charge in [0.15, 0.2) is 0 Å². The third-order valence-electron chi connectivity index (χ3n) is 2.07. The van der Waals surface area contributed by atoms with Crippen LogP contribution in [-0.2, 0) is 6.54 Å². The summed E-state index contributed by atoms with van der Waals surface area (Å²) in [6, 6.07) is 3.81. The first kappa shape index (κ1) is 11.4. The van der Waals surface area contributed by atoms with Crippen LogP contribution >= 0.6 is 11.6 Å². The third-order valence-corrected chi connectivity index (χ3v) is 2.29. The van der Waals surface area contributed by atoms with E-state index < -0.39 is 0 Å². The Morgan fingerprint density at radius 2 is 2.29 bits per heavy atom. The lowest BCUT2D eigenvalue weighted by Gasteiger charge is -2.18. The zero-order valence-corrected chi connectivity index (χ0v) is 9.17. The molecule has 3 nitrogen and oxygen atoms in total. The van der Waals surface area contributed by atoms with Gasteiger partial charge in [-0.25, -0.2) is 0 Å². The summed E-state index contributed by atoms with van der Waals surface area (Å²) in [5, 5.41) is 0.677. The fraction of sp³-hybridized carbons (Fsp3) is 0.500. The average Bonchev–Trinajstić information content (AvgIpc) is 2.20. The Bertz CT molecular complexity index is 261. The molecule has 1 aromatic heterocycles. The van der Waals surface area contributed by atoms with E-state index in [9.17, 15) is 0 Å². The molecule has 0 saturated heterocycles. The SMILES string of the molecule is CCN(CCN)Cc1ccc(Cl)cn1. The number of likely N-dealkylation sites (N-methyl/N-ethyl adjacent to an activating group) is 1. The normalized spacial score (nSPS) is 10.9. The van der Waals surface area contributed by atoms with Gasteiger partial charge >= 0.3 is 0 Å². The molecule has 1 heterocycles. The van der Waals surface area contributed by atoms with Crippen molar-refractivity contribution in [3.63, 3.8) is 0 Å². The van der Waals surface area contributed by atoms with Gasteiger partial charge in [-0.1, -0.05) is 18.5 Å². The lowest BCUT2D eigenvalue weighted by atomic mass is 10.3. The monoisotopic (exact) mass is 213 g/mol. The quantitative estimate of drug-likeness (QED) is 0.807. The van der Waals surface area contributed by atoms with Crippen molar-refractivity contribution < 1.29 is 0 Å². The summed E-state index contributed by atoms with van der Waals surface area (Å²) in [6.07, 6.45) is 1.67. The van der Waals surface area contributed by atoms with Crippen LogP contribution in [0, 0.1) is 0 Å². The Morgan fingerprint density at radius 3 is 2.79 bits per heavy atom. The topological polar surface area (TPSA) is 42.1 Å². The van der Waals surface area contributed by atoms with Gasteiger partial charge in [-0.2, -0.15) is 0 Å². The summed E-state index contributed by atoms with van der Waals surface area (Å²) in [5.74, 6) is 0. The molecule has 1 rings (SSSR count). The van der Waals surface area contributed by atoms with Crippen molar-refractivity contribution in [2.45, 2.75) is 13.5 Å². The van der Waals surface area contributed by atoms with Gasteiger partial charge < -0.3 is 5.73 Å². The van der Waals surface area contributed by atoms with E-state index in [1.165, 1.54) is 0 Å². The second kappa shape index (κ2) is 5.96. The number of nitrogens with zero attached hydrogens (tertiary/aromatic N) is 2. The van der Waals surface area contributed by atoms with E-state index >= 15 is 0 Å². The van der Waals surface area contributed by atoms with Gasteiger partial charge in [0.05, 0.1) is 10.7 Å². The van der Waals surface area contributed by atoms with Gasteiger partial charge in [0.1, 0.15) is 0 Å². The molecule has 78 valence electrons. The summed E-state index contributed by atoms with van der Waals surface area (Å²) in [5.41, 5.74) is 6.53. The Hall–Kier alpha value is -0.640. The molecule has 0 saturated carbocycles. The molecular weight excluding hydrogens is 198 g/mol. The van der Waals surface area contributed by atoms with Crippen LogP contribution in [0.1, 0.15) is 12.6 Å². The predicted octanol–water partition coefficient (Wildman–Crippen LogP) is 1.52. The fourth-order valence-electron chi connectivity index (χ4n) is 1.26. The van der Waals surface area contributed by atoms with E-state index in [1.807, 2.05) is 12.1 Å². The Morgan fingerprint density at radius 1 is 1.50 bits per heavy atom. The highest BCUT2D eigenvalue weighted by Crippen LogP contribution is 2.07. The molecule has 0 aliphatic rings. The zero-order chi connectivity index (χ0) is 10.4. The van der Waals surface area contributed by atoms with Crippen LogP contribution in [0.2, 0.25) is 5.02 Å². The lowest BCUT2D eigenvalue weighted by molar-refractivity contribution is 0.285. The number of nitrogens with two attached hydrogens (primary N) is 1. The highest BCUT2D eigenvalue weighted by Gasteiger charge is 2.02. The zero-order valence-electron chi connectivity index (χ0n) is 8.41. The highest BCUT2D eigenvalue weighted by atomic mass is 35.5. The van der Waals surface area contributed by atoms with E-state index in [4.69, 9.17) is 17.3 Å². The van der Waals surface area contributed by atoms with Crippen molar-refractivity contribution in [3.8, 4) is 0 Å². The summed E-state index contributed by atoms with van der Waals surface area (Å²) >= 11 is 5.75. The van der Waals surface area contributed by atoms with E-state index in [0.717, 1.165) is 25.3 Å². The first-order valence-corrected chi connectivity index (χ1v) is 5.17. The minimum atomic E-state index is 0.677. The number of aromatic nitrogens is 1. The first-order chi connectivity index (χ1) is 6.76. The minimum absolute atomic E-state index is 0.677. The molecule has 0 atom stereocenters. The number of hydrogen-bond acceptors (Lipinski definition) is 3. The molecule has 0 unspecified atom stereocenters. The van der Waals surface area contributed by atoms with Crippen molar-refractivity contribution in [2.75, 3.05) is 19.6 Å². The summed E-state index contributed by atoms with van der Waals surface area (Å²) in [4.78, 5) is 6.48. The predicted molar refractivity (Wildman–Crippen MR) is 59.3 cm³/mol. The molecule has 0 spiro atoms. The van der Waals surface area contributed by atoms with Crippen molar-refractivity contribution >= 4 is 11.6 Å². The van der Waals surface area contributed by atoms with Crippen LogP contribution in [0.25, 0.3) is 0 Å². The van der Waals surface area contributed by atoms with E-state index in [-0.39, 0.29) is 0 Å². The van der Waals surface area contributed by atoms with Gasteiger partial charge in [-0.05, 0) is 18.7 Å². The molecule has 4 heteroatoms. The van der Waals surface area contributed by atoms with E-state index in [0.29, 0.717) is 11.6 Å². The Balaban J connectivity index is 2.53. The number of rotatable bonds is 5. The van der Waals surface area contributed by atoms with Gasteiger partial charge in [0, 0.05) is 25.8 Å². The molecule has 0 amide bonds. The molecule has 14 heavy (non-hydrogen) atoms. The van der Waals surface area contributed by atoms with Crippen LogP contribution < -0.4 is 5.73 Å². The molecule has 0 fully saturated rings. The van der Waals surface area contributed by atoms with E-state index in [1.54, 1.807) is 6.20 Å². The maximum Gasteiger partial charge on any atom is 0.0589 e. The molecule has 0 aromatic carbocycles. The van der Waals surface area contributed by atoms with Gasteiger partial charge in [-0.15, -0.1) is 0 Å². The number of pyridine rings is 1. The summed E-state index contributed by atoms with van der Waals surface area (Å²) in [6.45, 7) is 5.53. The largest absolute Gasteiger partial charge is 0.329 e. The summed E-state index contributed by atoms with van der Waals surface area (Å²) < 4.78 is 0. The Kier molecular flexibility index (Phi) is 4.87. The van der Waals surface area contributed by atoms with Gasteiger partial charge in [0.25, 0.3) is 0 Å². The van der Waals surface area contributed by atoms with Crippen molar-refractivity contribution in [1.29, 1.82) is 0 Å². The smallest absolute Gasteiger partial charge is 0.0589 e. The van der Waals surface area contributed by atoms with Crippen molar-refractivity contribution in [3.05, 3.63) is 29.0 Å². The second-order valence-corrected chi connectivity index (χ2v) is 3.56. The first-order valence-electron chi connectivity index (χ1n) is 4.79. The van der Waals surface area contributed by atoms with Crippen LogP contribution in [-0.4, -0.2) is 29.5 Å². The van der Waals surface area contributed by atoms with Crippen LogP contribution in [0.4, 0.5) is 0 Å². The third kappa shape index (κ3) is 3.62. The minimum Gasteiger partial charge on any atom is -0.329 e. The molecule has 1 aromatic rings. The van der Waals surface area contributed by atoms with Crippen molar-refractivity contribution in [1.82, 2.24) is 9.88 Å². The fourth-order valence-corrected chi connectivity index (χ4v) is 1.37. The highest BCUT2D eigenvalue weighted by molar-refractivity contribution is 6.30. The van der Waals surface area contributed by atoms with Gasteiger partial charge in [0.2, 0.25) is 0 Å². The van der Waals surface area contributed by atoms with Crippen LogP contribution in [0.15, 0.2) is 18.3 Å². The lowest BCUT2D eigenvalue weighted by Crippen LogP contribution is -2.29. The van der Waals surface area contributed by atoms with Crippen LogP contribution in [0.5, 0.6) is 0 Å². The molecule has 0 bridgehead atoms. The average molecular weight is 214 g/mol. The second-order valence-electron chi connectivity index (χ2n) is 3.13. The van der Waals surface area contributed by atoms with Gasteiger partial charge in [-0.3, -0.25) is 9.88 Å². The van der Waals surface area contributed by atoms with E-state index in [2.05, 4.69) is 16.8 Å². The van der Waals surface area contributed by atoms with Crippen molar-refractivity contribution in [2.24, 2.45) is 5.73 Å². The standard InChI is InChI=1S/C10H16ClN3/c1-2-14(6-5-12)8-10-4-3-9(11)7-13-10/h3-4,7H,2,5-6,8,12H2,1H3. The molecule has 0 aliphatic heterocycles. The maximum absolute atomic E-state index is 5.75. The number of hydrogen-bond donors (Lipinski definition) is 1. The summed E-state index contributed by atoms with van der Waals surface area (Å²) in [7, 11) is 0. The molecule has 0 aliphatic carbocycles. The number of halogens is 1.